The first kappa shape index (κ1) is 20.7. The number of carbonyl (C=O) groups excluding carboxylic acids is 1. The number of hydrogen-bond acceptors (Lipinski definition) is 2. The number of rotatable bonds is 8. The number of hydrogen-bond donors (Lipinski definition) is 2. The maximum Gasteiger partial charge on any atom is 0.227 e. The normalized spacial score (nSPS) is 13.0. The number of para-hydroxylation sites is 1. The average molecular weight is 413 g/mol. The minimum Gasteiger partial charge on any atom is -0.497 e. The van der Waals surface area contributed by atoms with E-state index in [0.717, 1.165) is 28.8 Å². The van der Waals surface area contributed by atoms with Gasteiger partial charge in [-0.25, -0.2) is 0 Å². The number of nitrogens with one attached hydrogen (secondary N) is 2. The molecule has 0 aliphatic rings. The van der Waals surface area contributed by atoms with E-state index in [1.54, 1.807) is 7.11 Å². The predicted molar refractivity (Wildman–Crippen MR) is 126 cm³/mol. The first-order valence-corrected chi connectivity index (χ1v) is 10.7. The van der Waals surface area contributed by atoms with Crippen molar-refractivity contribution in [1.29, 1.82) is 0 Å². The van der Waals surface area contributed by atoms with Crippen LogP contribution in [0, 0.1) is 0 Å². The van der Waals surface area contributed by atoms with E-state index >= 15 is 0 Å². The number of amides is 1. The van der Waals surface area contributed by atoms with E-state index in [-0.39, 0.29) is 17.7 Å². The second kappa shape index (κ2) is 9.52. The molecule has 0 bridgehead atoms. The molecule has 1 heterocycles. The second-order valence-electron chi connectivity index (χ2n) is 7.73. The van der Waals surface area contributed by atoms with Gasteiger partial charge < -0.3 is 15.0 Å². The third kappa shape index (κ3) is 4.48. The average Bonchev–Trinajstić information content (AvgIpc) is 3.25. The summed E-state index contributed by atoms with van der Waals surface area (Å²) in [5.74, 6) is 0.757. The zero-order chi connectivity index (χ0) is 21.6. The standard InChI is InChI=1S/C27H28N2O2/c1-3-22(19-9-5-4-6-10-19)27(30)29-17-24(20-13-15-21(31-2)16-14-20)25-18-28-26-12-8-7-11-23(25)26/h4-16,18,22,24,28H,3,17H2,1-2H3,(H,29,30). The van der Waals surface area contributed by atoms with Crippen LogP contribution < -0.4 is 10.1 Å². The first-order valence-electron chi connectivity index (χ1n) is 10.7. The summed E-state index contributed by atoms with van der Waals surface area (Å²) < 4.78 is 5.33. The Morgan fingerprint density at radius 1 is 0.935 bits per heavy atom. The van der Waals surface area contributed by atoms with E-state index < -0.39 is 0 Å². The van der Waals surface area contributed by atoms with E-state index in [4.69, 9.17) is 4.74 Å². The third-order valence-electron chi connectivity index (χ3n) is 5.92. The predicted octanol–water partition coefficient (Wildman–Crippen LogP) is 5.62. The van der Waals surface area contributed by atoms with Gasteiger partial charge in [0.15, 0.2) is 0 Å². The smallest absolute Gasteiger partial charge is 0.227 e. The Balaban J connectivity index is 1.62. The molecule has 2 N–H and O–H groups in total. The third-order valence-corrected chi connectivity index (χ3v) is 5.92. The lowest BCUT2D eigenvalue weighted by molar-refractivity contribution is -0.122. The van der Waals surface area contributed by atoms with Gasteiger partial charge in [0, 0.05) is 29.6 Å². The molecule has 4 aromatic rings. The number of methoxy groups -OCH3 is 1. The van der Waals surface area contributed by atoms with Crippen LogP contribution in [0.3, 0.4) is 0 Å². The number of ether oxygens (including phenoxy) is 1. The molecular weight excluding hydrogens is 384 g/mol. The number of carbonyl (C=O) groups is 1. The maximum atomic E-state index is 13.1. The lowest BCUT2D eigenvalue weighted by Gasteiger charge is -2.21. The molecule has 0 radical (unpaired) electrons. The molecule has 0 aliphatic carbocycles. The van der Waals surface area contributed by atoms with Crippen molar-refractivity contribution < 1.29 is 9.53 Å². The summed E-state index contributed by atoms with van der Waals surface area (Å²) in [6.45, 7) is 2.58. The Kier molecular flexibility index (Phi) is 6.37. The van der Waals surface area contributed by atoms with Gasteiger partial charge >= 0.3 is 0 Å². The highest BCUT2D eigenvalue weighted by Gasteiger charge is 2.23. The number of aromatic amines is 1. The van der Waals surface area contributed by atoms with Crippen molar-refractivity contribution in [1.82, 2.24) is 10.3 Å². The molecule has 2 unspecified atom stereocenters. The number of benzene rings is 3. The second-order valence-corrected chi connectivity index (χ2v) is 7.73. The topological polar surface area (TPSA) is 54.1 Å². The molecule has 1 amide bonds. The number of H-pyrrole nitrogens is 1. The van der Waals surface area contributed by atoms with Crippen LogP contribution in [0.5, 0.6) is 5.75 Å². The Hall–Kier alpha value is -3.53. The summed E-state index contributed by atoms with van der Waals surface area (Å²) in [6, 6.07) is 26.4. The van der Waals surface area contributed by atoms with E-state index in [1.807, 2.05) is 54.6 Å². The van der Waals surface area contributed by atoms with Crippen molar-refractivity contribution in [3.8, 4) is 5.75 Å². The first-order chi connectivity index (χ1) is 15.2. The van der Waals surface area contributed by atoms with Gasteiger partial charge in [0.2, 0.25) is 5.91 Å². The summed E-state index contributed by atoms with van der Waals surface area (Å²) in [4.78, 5) is 16.5. The Labute approximate surface area is 183 Å². The van der Waals surface area contributed by atoms with Gasteiger partial charge in [0.05, 0.1) is 13.0 Å². The molecule has 2 atom stereocenters. The molecule has 31 heavy (non-hydrogen) atoms. The molecule has 0 spiro atoms. The van der Waals surface area contributed by atoms with Gasteiger partial charge in [0.25, 0.3) is 0 Å². The van der Waals surface area contributed by atoms with Crippen LogP contribution in [0.2, 0.25) is 0 Å². The van der Waals surface area contributed by atoms with Crippen molar-refractivity contribution in [2.24, 2.45) is 0 Å². The van der Waals surface area contributed by atoms with Crippen LogP contribution in [-0.2, 0) is 4.79 Å². The van der Waals surface area contributed by atoms with Crippen molar-refractivity contribution in [2.75, 3.05) is 13.7 Å². The van der Waals surface area contributed by atoms with Crippen LogP contribution in [0.4, 0.5) is 0 Å². The Morgan fingerprint density at radius 3 is 2.35 bits per heavy atom. The van der Waals surface area contributed by atoms with Crippen LogP contribution in [-0.4, -0.2) is 24.5 Å². The van der Waals surface area contributed by atoms with Crippen molar-refractivity contribution in [2.45, 2.75) is 25.2 Å². The van der Waals surface area contributed by atoms with Gasteiger partial charge in [-0.2, -0.15) is 0 Å². The zero-order valence-electron chi connectivity index (χ0n) is 18.0. The monoisotopic (exact) mass is 412 g/mol. The van der Waals surface area contributed by atoms with E-state index in [1.165, 1.54) is 10.9 Å². The molecule has 4 nitrogen and oxygen atoms in total. The van der Waals surface area contributed by atoms with Gasteiger partial charge in [-0.1, -0.05) is 67.6 Å². The Morgan fingerprint density at radius 2 is 1.65 bits per heavy atom. The van der Waals surface area contributed by atoms with Crippen LogP contribution in [0.25, 0.3) is 10.9 Å². The molecule has 0 aliphatic heterocycles. The highest BCUT2D eigenvalue weighted by Crippen LogP contribution is 2.31. The molecule has 3 aromatic carbocycles. The van der Waals surface area contributed by atoms with Crippen molar-refractivity contribution in [3.05, 3.63) is 102 Å². The molecule has 0 fully saturated rings. The molecule has 4 heteroatoms. The fourth-order valence-corrected chi connectivity index (χ4v) is 4.21. The Bertz CT molecular complexity index is 1130. The summed E-state index contributed by atoms with van der Waals surface area (Å²) in [7, 11) is 1.67. The van der Waals surface area contributed by atoms with Crippen LogP contribution >= 0.6 is 0 Å². The fourth-order valence-electron chi connectivity index (χ4n) is 4.21. The van der Waals surface area contributed by atoms with Crippen molar-refractivity contribution in [3.63, 3.8) is 0 Å². The summed E-state index contributed by atoms with van der Waals surface area (Å²) in [5.41, 5.74) is 4.46. The lowest BCUT2D eigenvalue weighted by atomic mass is 9.90. The molecule has 0 saturated carbocycles. The summed E-state index contributed by atoms with van der Waals surface area (Å²) in [5, 5.41) is 4.40. The number of fused-ring (bicyclic) bond motifs is 1. The minimum atomic E-state index is -0.152. The van der Waals surface area contributed by atoms with Crippen molar-refractivity contribution >= 4 is 16.8 Å². The SMILES string of the molecule is CCC(C(=O)NCC(c1ccc(OC)cc1)c1c[nH]c2ccccc12)c1ccccc1. The summed E-state index contributed by atoms with van der Waals surface area (Å²) in [6.07, 6.45) is 2.82. The molecule has 1 aromatic heterocycles. The largest absolute Gasteiger partial charge is 0.497 e. The van der Waals surface area contributed by atoms with Gasteiger partial charge in [0.1, 0.15) is 5.75 Å². The van der Waals surface area contributed by atoms with E-state index in [0.29, 0.717) is 6.54 Å². The van der Waals surface area contributed by atoms with E-state index in [9.17, 15) is 4.79 Å². The van der Waals surface area contributed by atoms with Gasteiger partial charge in [-0.15, -0.1) is 0 Å². The number of aromatic nitrogens is 1. The highest BCUT2D eigenvalue weighted by molar-refractivity contribution is 5.85. The molecule has 4 rings (SSSR count). The van der Waals surface area contributed by atoms with Crippen LogP contribution in [0.15, 0.2) is 85.1 Å². The maximum absolute atomic E-state index is 13.1. The zero-order valence-corrected chi connectivity index (χ0v) is 18.0. The van der Waals surface area contributed by atoms with Crippen LogP contribution in [0.1, 0.15) is 41.9 Å². The van der Waals surface area contributed by atoms with Gasteiger partial charge in [-0.05, 0) is 41.3 Å². The van der Waals surface area contributed by atoms with E-state index in [2.05, 4.69) is 47.7 Å². The summed E-state index contributed by atoms with van der Waals surface area (Å²) >= 11 is 0. The minimum absolute atomic E-state index is 0.0271. The molecule has 158 valence electrons. The highest BCUT2D eigenvalue weighted by atomic mass is 16.5. The molecule has 0 saturated heterocycles. The quantitative estimate of drug-likeness (QED) is 0.395. The lowest BCUT2D eigenvalue weighted by Crippen LogP contribution is -2.33. The molecular formula is C27H28N2O2. The van der Waals surface area contributed by atoms with Gasteiger partial charge in [-0.3, -0.25) is 4.79 Å². The fraction of sp³-hybridized carbons (Fsp3) is 0.222.